The lowest BCUT2D eigenvalue weighted by atomic mass is 10.1. The molecule has 3 heteroatoms. The van der Waals surface area contributed by atoms with Gasteiger partial charge in [0.25, 0.3) is 0 Å². The largest absolute Gasteiger partial charge is 0.508 e. The second-order valence-electron chi connectivity index (χ2n) is 4.85. The predicted octanol–water partition coefficient (Wildman–Crippen LogP) is 2.86. The molecule has 3 nitrogen and oxygen atoms in total. The van der Waals surface area contributed by atoms with Gasteiger partial charge in [-0.1, -0.05) is 18.2 Å². The van der Waals surface area contributed by atoms with Crippen LogP contribution in [-0.2, 0) is 4.74 Å². The summed E-state index contributed by atoms with van der Waals surface area (Å²) in [5, 5.41) is 13.1. The zero-order valence-electron chi connectivity index (χ0n) is 11.2. The number of aromatic hydroxyl groups is 1. The van der Waals surface area contributed by atoms with Crippen molar-refractivity contribution in [3.63, 3.8) is 0 Å². The molecule has 0 aliphatic rings. The van der Waals surface area contributed by atoms with Crippen molar-refractivity contribution in [2.75, 3.05) is 13.2 Å². The Bertz CT molecular complexity index is 350. The van der Waals surface area contributed by atoms with Crippen LogP contribution >= 0.6 is 0 Å². The van der Waals surface area contributed by atoms with Gasteiger partial charge in [0.1, 0.15) is 5.75 Å². The zero-order chi connectivity index (χ0) is 12.9. The molecule has 1 unspecified atom stereocenters. The Morgan fingerprint density at radius 3 is 2.59 bits per heavy atom. The minimum Gasteiger partial charge on any atom is -0.508 e. The van der Waals surface area contributed by atoms with Gasteiger partial charge in [-0.3, -0.25) is 0 Å². The maximum absolute atomic E-state index is 9.74. The van der Waals surface area contributed by atoms with E-state index in [1.165, 1.54) is 0 Å². The molecule has 17 heavy (non-hydrogen) atoms. The summed E-state index contributed by atoms with van der Waals surface area (Å²) in [4.78, 5) is 0. The van der Waals surface area contributed by atoms with Crippen molar-refractivity contribution >= 4 is 0 Å². The van der Waals surface area contributed by atoms with Crippen LogP contribution < -0.4 is 5.32 Å². The molecule has 0 saturated carbocycles. The fourth-order valence-electron chi connectivity index (χ4n) is 1.80. The Hall–Kier alpha value is -1.06. The van der Waals surface area contributed by atoms with E-state index in [4.69, 9.17) is 4.74 Å². The van der Waals surface area contributed by atoms with Crippen molar-refractivity contribution in [2.24, 2.45) is 0 Å². The van der Waals surface area contributed by atoms with E-state index >= 15 is 0 Å². The van der Waals surface area contributed by atoms with Gasteiger partial charge in [-0.05, 0) is 33.8 Å². The minimum absolute atomic E-state index is 0.107. The van der Waals surface area contributed by atoms with Crippen LogP contribution in [0.5, 0.6) is 5.75 Å². The van der Waals surface area contributed by atoms with E-state index in [0.29, 0.717) is 12.4 Å². The van der Waals surface area contributed by atoms with Gasteiger partial charge in [0.05, 0.1) is 5.60 Å². The third-order valence-corrected chi connectivity index (χ3v) is 2.77. The Balaban J connectivity index is 2.56. The van der Waals surface area contributed by atoms with Gasteiger partial charge < -0.3 is 15.2 Å². The lowest BCUT2D eigenvalue weighted by molar-refractivity contribution is -0.0103. The molecule has 0 aromatic heterocycles. The molecular weight excluding hydrogens is 214 g/mol. The predicted molar refractivity (Wildman–Crippen MR) is 70.2 cm³/mol. The van der Waals surface area contributed by atoms with Gasteiger partial charge in [-0.15, -0.1) is 0 Å². The summed E-state index contributed by atoms with van der Waals surface area (Å²) in [6.07, 6.45) is 0. The van der Waals surface area contributed by atoms with Gasteiger partial charge in [0, 0.05) is 24.8 Å². The summed E-state index contributed by atoms with van der Waals surface area (Å²) in [5.41, 5.74) is 0.729. The summed E-state index contributed by atoms with van der Waals surface area (Å²) in [7, 11) is 0. The van der Waals surface area contributed by atoms with E-state index in [1.807, 2.05) is 32.0 Å². The van der Waals surface area contributed by atoms with E-state index in [-0.39, 0.29) is 11.6 Å². The topological polar surface area (TPSA) is 41.5 Å². The molecule has 2 N–H and O–H groups in total. The molecule has 0 heterocycles. The van der Waals surface area contributed by atoms with Crippen LogP contribution in [0.15, 0.2) is 24.3 Å². The Labute approximate surface area is 104 Å². The maximum Gasteiger partial charge on any atom is 0.120 e. The van der Waals surface area contributed by atoms with Crippen LogP contribution in [0.3, 0.4) is 0 Å². The van der Waals surface area contributed by atoms with Crippen LogP contribution in [0, 0.1) is 0 Å². The van der Waals surface area contributed by atoms with Gasteiger partial charge in [-0.25, -0.2) is 0 Å². The van der Waals surface area contributed by atoms with Gasteiger partial charge in [-0.2, -0.15) is 0 Å². The Kier molecular flexibility index (Phi) is 4.97. The molecule has 0 radical (unpaired) electrons. The highest BCUT2D eigenvalue weighted by Crippen LogP contribution is 2.23. The quantitative estimate of drug-likeness (QED) is 0.799. The average Bonchev–Trinajstić information content (AvgIpc) is 2.27. The first-order chi connectivity index (χ1) is 7.96. The molecule has 1 aromatic carbocycles. The number of phenolic OH excluding ortho intramolecular Hbond substituents is 1. The van der Waals surface area contributed by atoms with E-state index in [0.717, 1.165) is 12.1 Å². The monoisotopic (exact) mass is 237 g/mol. The molecule has 0 saturated heterocycles. The summed E-state index contributed by atoms with van der Waals surface area (Å²) >= 11 is 0. The van der Waals surface area contributed by atoms with Crippen LogP contribution in [0.4, 0.5) is 0 Å². The molecule has 0 spiro atoms. The van der Waals surface area contributed by atoms with E-state index in [2.05, 4.69) is 19.2 Å². The Morgan fingerprint density at radius 2 is 2.00 bits per heavy atom. The molecule has 1 atom stereocenters. The Morgan fingerprint density at radius 1 is 1.35 bits per heavy atom. The summed E-state index contributed by atoms with van der Waals surface area (Å²) in [6, 6.07) is 7.51. The van der Waals surface area contributed by atoms with E-state index in [9.17, 15) is 5.11 Å². The average molecular weight is 237 g/mol. The van der Waals surface area contributed by atoms with Crippen LogP contribution in [-0.4, -0.2) is 23.9 Å². The third-order valence-electron chi connectivity index (χ3n) is 2.77. The fraction of sp³-hybridized carbons (Fsp3) is 0.571. The molecule has 0 fully saturated rings. The number of para-hydroxylation sites is 1. The minimum atomic E-state index is -0.187. The van der Waals surface area contributed by atoms with E-state index in [1.54, 1.807) is 6.07 Å². The van der Waals surface area contributed by atoms with Crippen molar-refractivity contribution in [3.8, 4) is 5.75 Å². The lowest BCUT2D eigenvalue weighted by Crippen LogP contribution is -2.38. The molecule has 1 aromatic rings. The highest BCUT2D eigenvalue weighted by molar-refractivity contribution is 5.34. The van der Waals surface area contributed by atoms with Crippen molar-refractivity contribution in [3.05, 3.63) is 29.8 Å². The van der Waals surface area contributed by atoms with Crippen LogP contribution in [0.1, 0.15) is 39.3 Å². The number of hydrogen-bond donors (Lipinski definition) is 2. The SMILES string of the molecule is CCOC(C)(C)CNC(C)c1ccccc1O. The lowest BCUT2D eigenvalue weighted by Gasteiger charge is -2.27. The first-order valence-electron chi connectivity index (χ1n) is 6.11. The molecule has 1 rings (SSSR count). The molecule has 0 amide bonds. The van der Waals surface area contributed by atoms with Gasteiger partial charge in [0.15, 0.2) is 0 Å². The van der Waals surface area contributed by atoms with Crippen molar-refractivity contribution in [1.82, 2.24) is 5.32 Å². The van der Waals surface area contributed by atoms with Crippen molar-refractivity contribution in [2.45, 2.75) is 39.3 Å². The van der Waals surface area contributed by atoms with Crippen LogP contribution in [0.2, 0.25) is 0 Å². The number of nitrogens with one attached hydrogen (secondary N) is 1. The third kappa shape index (κ3) is 4.36. The molecular formula is C14H23NO2. The van der Waals surface area contributed by atoms with Crippen LogP contribution in [0.25, 0.3) is 0 Å². The van der Waals surface area contributed by atoms with Crippen molar-refractivity contribution in [1.29, 1.82) is 0 Å². The summed E-state index contributed by atoms with van der Waals surface area (Å²) < 4.78 is 5.62. The summed E-state index contributed by atoms with van der Waals surface area (Å²) in [6.45, 7) is 9.60. The molecule has 0 aliphatic carbocycles. The second kappa shape index (κ2) is 6.03. The molecule has 96 valence electrons. The standard InChI is InChI=1S/C14H23NO2/c1-5-17-14(3,4)10-15-11(2)12-8-6-7-9-13(12)16/h6-9,11,15-16H,5,10H2,1-4H3. The molecule has 0 bridgehead atoms. The summed E-state index contributed by atoms with van der Waals surface area (Å²) in [5.74, 6) is 0.335. The van der Waals surface area contributed by atoms with Crippen molar-refractivity contribution < 1.29 is 9.84 Å². The highest BCUT2D eigenvalue weighted by Gasteiger charge is 2.19. The van der Waals surface area contributed by atoms with Gasteiger partial charge in [0.2, 0.25) is 0 Å². The fourth-order valence-corrected chi connectivity index (χ4v) is 1.80. The normalized spacial score (nSPS) is 13.6. The second-order valence-corrected chi connectivity index (χ2v) is 4.85. The van der Waals surface area contributed by atoms with Gasteiger partial charge >= 0.3 is 0 Å². The number of ether oxygens (including phenoxy) is 1. The number of hydrogen-bond acceptors (Lipinski definition) is 3. The first kappa shape index (κ1) is 14.0. The van der Waals surface area contributed by atoms with E-state index < -0.39 is 0 Å². The number of benzene rings is 1. The smallest absolute Gasteiger partial charge is 0.120 e. The highest BCUT2D eigenvalue weighted by atomic mass is 16.5. The first-order valence-corrected chi connectivity index (χ1v) is 6.11. The zero-order valence-corrected chi connectivity index (χ0v) is 11.2. The number of phenols is 1. The number of rotatable bonds is 6. The molecule has 0 aliphatic heterocycles. The maximum atomic E-state index is 9.74.